The van der Waals surface area contributed by atoms with Crippen LogP contribution < -0.4 is 10.2 Å². The van der Waals surface area contributed by atoms with E-state index in [9.17, 15) is 14.4 Å². The molecule has 0 bridgehead atoms. The predicted molar refractivity (Wildman–Crippen MR) is 114 cm³/mol. The summed E-state index contributed by atoms with van der Waals surface area (Å²) in [6.07, 6.45) is 0.455. The summed E-state index contributed by atoms with van der Waals surface area (Å²) < 4.78 is 2.08. The Labute approximate surface area is 173 Å². The lowest BCUT2D eigenvalue weighted by Gasteiger charge is -2.13. The smallest absolute Gasteiger partial charge is 0.257 e. The van der Waals surface area contributed by atoms with E-state index in [0.717, 1.165) is 30.3 Å². The largest absolute Gasteiger partial charge is 0.298 e. The van der Waals surface area contributed by atoms with E-state index >= 15 is 0 Å². The van der Waals surface area contributed by atoms with Gasteiger partial charge in [-0.3, -0.25) is 24.6 Å². The number of anilines is 2. The van der Waals surface area contributed by atoms with Gasteiger partial charge in [-0.1, -0.05) is 11.3 Å². The fraction of sp³-hybridized carbons (Fsp3) is 0.150. The number of fused-ring (bicyclic) bond motifs is 3. The average Bonchev–Trinajstić information content (AvgIpc) is 3.37. The number of carbonyl (C=O) groups is 3. The van der Waals surface area contributed by atoms with E-state index in [1.165, 1.54) is 11.3 Å². The molecule has 7 nitrogen and oxygen atoms in total. The first-order valence-corrected chi connectivity index (χ1v) is 10.6. The van der Waals surface area contributed by atoms with Crippen LogP contribution in [0.1, 0.15) is 28.2 Å². The van der Waals surface area contributed by atoms with Crippen LogP contribution in [0.2, 0.25) is 0 Å². The lowest BCUT2D eigenvalue weighted by Crippen LogP contribution is -2.28. The lowest BCUT2D eigenvalue weighted by molar-refractivity contribution is -0.121. The van der Waals surface area contributed by atoms with Crippen molar-refractivity contribution in [1.82, 2.24) is 9.97 Å². The summed E-state index contributed by atoms with van der Waals surface area (Å²) >= 11 is 3.03. The van der Waals surface area contributed by atoms with Gasteiger partial charge in [0.1, 0.15) is 0 Å². The number of carbonyl (C=O) groups excluding carboxylic acids is 3. The van der Waals surface area contributed by atoms with Crippen molar-refractivity contribution in [2.24, 2.45) is 0 Å². The number of hydrogen-bond acceptors (Lipinski definition) is 7. The number of aromatic nitrogens is 2. The zero-order chi connectivity index (χ0) is 20.1. The van der Waals surface area contributed by atoms with E-state index in [0.29, 0.717) is 16.4 Å². The van der Waals surface area contributed by atoms with Crippen molar-refractivity contribution in [2.45, 2.75) is 19.8 Å². The molecule has 1 fully saturated rings. The predicted octanol–water partition coefficient (Wildman–Crippen LogP) is 4.12. The molecule has 144 valence electrons. The van der Waals surface area contributed by atoms with Gasteiger partial charge in [0, 0.05) is 18.4 Å². The normalized spacial score (nSPS) is 14.3. The highest BCUT2D eigenvalue weighted by Crippen LogP contribution is 2.36. The average molecular weight is 422 g/mol. The maximum Gasteiger partial charge on any atom is 0.257 e. The molecule has 0 saturated carbocycles. The number of benzene rings is 2. The highest BCUT2D eigenvalue weighted by atomic mass is 32.1. The lowest BCUT2D eigenvalue weighted by atomic mass is 10.2. The number of nitrogens with zero attached hydrogens (tertiary/aromatic N) is 3. The van der Waals surface area contributed by atoms with E-state index < -0.39 is 0 Å². The van der Waals surface area contributed by atoms with Gasteiger partial charge in [-0.05, 0) is 43.3 Å². The van der Waals surface area contributed by atoms with E-state index in [2.05, 4.69) is 15.3 Å². The maximum atomic E-state index is 12.6. The summed E-state index contributed by atoms with van der Waals surface area (Å²) in [5.74, 6) is -0.732. The molecule has 4 aromatic rings. The first-order valence-electron chi connectivity index (χ1n) is 8.93. The molecule has 1 saturated heterocycles. The van der Waals surface area contributed by atoms with Crippen molar-refractivity contribution < 1.29 is 14.4 Å². The first kappa shape index (κ1) is 17.9. The van der Waals surface area contributed by atoms with Crippen molar-refractivity contribution in [3.05, 3.63) is 47.0 Å². The number of hydrogen-bond donors (Lipinski definition) is 1. The van der Waals surface area contributed by atoms with Crippen molar-refractivity contribution in [2.75, 3.05) is 10.2 Å². The molecule has 1 aliphatic heterocycles. The Balaban J connectivity index is 1.39. The molecule has 0 radical (unpaired) electrons. The maximum absolute atomic E-state index is 12.6. The SMILES string of the molecule is Cc1nc2ccc3nc(NC(=O)c4ccc(N5C(=O)CCC5=O)cc4)sc3c2s1. The van der Waals surface area contributed by atoms with Crippen molar-refractivity contribution in [3.8, 4) is 0 Å². The van der Waals surface area contributed by atoms with Crippen LogP contribution in [0.25, 0.3) is 20.4 Å². The van der Waals surface area contributed by atoms with Crippen LogP contribution in [0.3, 0.4) is 0 Å². The summed E-state index contributed by atoms with van der Waals surface area (Å²) in [7, 11) is 0. The van der Waals surface area contributed by atoms with Gasteiger partial charge in [0.15, 0.2) is 5.13 Å². The topological polar surface area (TPSA) is 92.3 Å². The van der Waals surface area contributed by atoms with Crippen LogP contribution in [0.15, 0.2) is 36.4 Å². The minimum Gasteiger partial charge on any atom is -0.298 e. The molecule has 0 unspecified atom stereocenters. The molecular weight excluding hydrogens is 408 g/mol. The summed E-state index contributed by atoms with van der Waals surface area (Å²) in [6.45, 7) is 1.97. The fourth-order valence-corrected chi connectivity index (χ4v) is 5.33. The molecule has 2 aromatic carbocycles. The molecule has 3 amide bonds. The number of rotatable bonds is 3. The van der Waals surface area contributed by atoms with E-state index in [4.69, 9.17) is 0 Å². The van der Waals surface area contributed by atoms with Gasteiger partial charge >= 0.3 is 0 Å². The van der Waals surface area contributed by atoms with E-state index in [-0.39, 0.29) is 30.6 Å². The summed E-state index contributed by atoms with van der Waals surface area (Å²) in [6, 6.07) is 10.3. The van der Waals surface area contributed by atoms with Gasteiger partial charge in [-0.15, -0.1) is 11.3 Å². The van der Waals surface area contributed by atoms with Gasteiger partial charge in [0.05, 0.1) is 31.1 Å². The molecule has 5 rings (SSSR count). The molecule has 1 aliphatic rings. The Kier molecular flexibility index (Phi) is 4.14. The Morgan fingerprint density at radius 1 is 0.931 bits per heavy atom. The van der Waals surface area contributed by atoms with E-state index in [1.807, 2.05) is 19.1 Å². The quantitative estimate of drug-likeness (QED) is 0.502. The number of imide groups is 1. The van der Waals surface area contributed by atoms with Gasteiger partial charge in [0.2, 0.25) is 11.8 Å². The van der Waals surface area contributed by atoms with Gasteiger partial charge < -0.3 is 0 Å². The number of amides is 3. The molecule has 2 aromatic heterocycles. The van der Waals surface area contributed by atoms with Gasteiger partial charge in [-0.25, -0.2) is 9.97 Å². The third-order valence-electron chi connectivity index (χ3n) is 4.68. The van der Waals surface area contributed by atoms with Crippen molar-refractivity contribution in [3.63, 3.8) is 0 Å². The highest BCUT2D eigenvalue weighted by molar-refractivity contribution is 7.28. The molecule has 3 heterocycles. The van der Waals surface area contributed by atoms with E-state index in [1.54, 1.807) is 35.6 Å². The second kappa shape index (κ2) is 6.71. The Morgan fingerprint density at radius 3 is 2.24 bits per heavy atom. The standard InChI is InChI=1S/C20H14N4O3S2/c1-10-21-13-6-7-14-18(17(13)28-10)29-20(22-14)23-19(27)11-2-4-12(5-3-11)24-15(25)8-9-16(24)26/h2-7H,8-9H2,1H3,(H,22,23,27). The second-order valence-corrected chi connectivity index (χ2v) is 8.84. The molecule has 0 atom stereocenters. The Morgan fingerprint density at radius 2 is 1.55 bits per heavy atom. The summed E-state index contributed by atoms with van der Waals surface area (Å²) in [5, 5.41) is 4.33. The van der Waals surface area contributed by atoms with Gasteiger partial charge in [0.25, 0.3) is 5.91 Å². The van der Waals surface area contributed by atoms with Crippen LogP contribution in [0.5, 0.6) is 0 Å². The Bertz CT molecular complexity index is 1290. The molecule has 9 heteroatoms. The third-order valence-corrected chi connectivity index (χ3v) is 6.82. The molecule has 29 heavy (non-hydrogen) atoms. The fourth-order valence-electron chi connectivity index (χ4n) is 3.33. The number of nitrogens with one attached hydrogen (secondary N) is 1. The van der Waals surface area contributed by atoms with Crippen molar-refractivity contribution >= 4 is 71.6 Å². The molecular formula is C20H14N4O3S2. The minimum absolute atomic E-state index is 0.216. The third kappa shape index (κ3) is 3.08. The highest BCUT2D eigenvalue weighted by Gasteiger charge is 2.30. The monoisotopic (exact) mass is 422 g/mol. The van der Waals surface area contributed by atoms with Crippen LogP contribution >= 0.6 is 22.7 Å². The number of aryl methyl sites for hydroxylation is 1. The first-order chi connectivity index (χ1) is 14.0. The zero-order valence-electron chi connectivity index (χ0n) is 15.3. The van der Waals surface area contributed by atoms with Gasteiger partial charge in [-0.2, -0.15) is 0 Å². The zero-order valence-corrected chi connectivity index (χ0v) is 16.9. The molecule has 0 aliphatic carbocycles. The van der Waals surface area contributed by atoms with Crippen LogP contribution in [0, 0.1) is 6.92 Å². The Hall–Kier alpha value is -3.17. The summed E-state index contributed by atoms with van der Waals surface area (Å²) in [5.41, 5.74) is 2.66. The number of thiazole rings is 2. The molecule has 0 spiro atoms. The summed E-state index contributed by atoms with van der Waals surface area (Å²) in [4.78, 5) is 46.5. The van der Waals surface area contributed by atoms with Crippen molar-refractivity contribution in [1.29, 1.82) is 0 Å². The van der Waals surface area contributed by atoms with Crippen LogP contribution in [-0.4, -0.2) is 27.7 Å². The van der Waals surface area contributed by atoms with Crippen LogP contribution in [0.4, 0.5) is 10.8 Å². The second-order valence-electron chi connectivity index (χ2n) is 6.64. The minimum atomic E-state index is -0.300. The van der Waals surface area contributed by atoms with Crippen LogP contribution in [-0.2, 0) is 9.59 Å². The molecule has 1 N–H and O–H groups in total.